The lowest BCUT2D eigenvalue weighted by molar-refractivity contribution is 0.597. The van der Waals surface area contributed by atoms with Crippen LogP contribution in [0.25, 0.3) is 0 Å². The molecule has 84 valence electrons. The van der Waals surface area contributed by atoms with Crippen molar-refractivity contribution in [1.82, 2.24) is 5.09 Å². The van der Waals surface area contributed by atoms with Crippen molar-refractivity contribution < 1.29 is 4.57 Å². The Kier molecular flexibility index (Phi) is 4.95. The summed E-state index contributed by atoms with van der Waals surface area (Å²) >= 11 is 0. The van der Waals surface area contributed by atoms with Gasteiger partial charge < -0.3 is 11.5 Å². The second-order valence-corrected chi connectivity index (χ2v) is 3.27. The molecule has 7 heteroatoms. The molecule has 1 rings (SSSR count). The predicted molar refractivity (Wildman–Crippen MR) is 64.1 cm³/mol. The number of hydrogen-bond donors (Lipinski definition) is 3. The van der Waals surface area contributed by atoms with E-state index in [1.54, 1.807) is 0 Å². The van der Waals surface area contributed by atoms with Gasteiger partial charge in [0.05, 0.1) is 6.54 Å². The van der Waals surface area contributed by atoms with Crippen molar-refractivity contribution >= 4 is 20.5 Å². The lowest BCUT2D eigenvalue weighted by Crippen LogP contribution is -2.27. The van der Waals surface area contributed by atoms with Crippen LogP contribution in [0.4, 0.5) is 0 Å². The van der Waals surface area contributed by atoms with Crippen molar-refractivity contribution in [1.29, 1.82) is 0 Å². The summed E-state index contributed by atoms with van der Waals surface area (Å²) in [7, 11) is -0.327. The zero-order chi connectivity index (χ0) is 11.8. The molecular weight excluding hydrogens is 225 g/mol. The summed E-state index contributed by atoms with van der Waals surface area (Å²) in [6, 6.07) is 9.60. The fraction of sp³-hybridized carbons (Fsp3) is 0.111. The van der Waals surface area contributed by atoms with Crippen LogP contribution in [-0.4, -0.2) is 11.9 Å². The Morgan fingerprint density at radius 3 is 2.62 bits per heavy atom. The maximum atomic E-state index is 10.1. The lowest BCUT2D eigenvalue weighted by atomic mass is 10.2. The third-order valence-corrected chi connectivity index (χ3v) is 1.98. The van der Waals surface area contributed by atoms with Crippen molar-refractivity contribution in [2.45, 2.75) is 6.54 Å². The molecule has 0 radical (unpaired) electrons. The van der Waals surface area contributed by atoms with E-state index in [0.29, 0.717) is 6.54 Å². The highest BCUT2D eigenvalue weighted by molar-refractivity contribution is 7.22. The average Bonchev–Trinajstić information content (AvgIpc) is 2.28. The molecule has 1 aromatic carbocycles. The Hall–Kier alpha value is -1.94. The second-order valence-electron chi connectivity index (χ2n) is 2.86. The molecule has 0 heterocycles. The van der Waals surface area contributed by atoms with Gasteiger partial charge in [-0.1, -0.05) is 30.3 Å². The second kappa shape index (κ2) is 6.53. The van der Waals surface area contributed by atoms with Crippen LogP contribution in [0.3, 0.4) is 0 Å². The van der Waals surface area contributed by atoms with Gasteiger partial charge in [-0.2, -0.15) is 4.99 Å². The molecule has 0 bridgehead atoms. The number of nitrogens with zero attached hydrogens (tertiary/aromatic N) is 2. The SMILES string of the molecule is NC(=NCc1ccccc1)N=C(N)NP=O. The third-order valence-electron chi connectivity index (χ3n) is 1.66. The van der Waals surface area contributed by atoms with Gasteiger partial charge in [0.1, 0.15) is 0 Å². The summed E-state index contributed by atoms with van der Waals surface area (Å²) in [5, 5.41) is 2.26. The van der Waals surface area contributed by atoms with Crippen LogP contribution in [0.2, 0.25) is 0 Å². The number of nitrogens with two attached hydrogens (primary N) is 2. The Morgan fingerprint density at radius 2 is 2.00 bits per heavy atom. The minimum Gasteiger partial charge on any atom is -0.369 e. The normalized spacial score (nSPS) is 12.8. The van der Waals surface area contributed by atoms with Crippen LogP contribution >= 0.6 is 8.61 Å². The number of aliphatic imine (C=N–C) groups is 2. The van der Waals surface area contributed by atoms with Gasteiger partial charge >= 0.3 is 0 Å². The van der Waals surface area contributed by atoms with Crippen molar-refractivity contribution in [3.8, 4) is 0 Å². The highest BCUT2D eigenvalue weighted by atomic mass is 31.1. The van der Waals surface area contributed by atoms with Gasteiger partial charge in [0, 0.05) is 0 Å². The van der Waals surface area contributed by atoms with Gasteiger partial charge in [-0.15, -0.1) is 0 Å². The molecule has 16 heavy (non-hydrogen) atoms. The van der Waals surface area contributed by atoms with E-state index in [4.69, 9.17) is 11.5 Å². The molecule has 0 aromatic heterocycles. The van der Waals surface area contributed by atoms with Gasteiger partial charge in [0.25, 0.3) is 8.61 Å². The molecule has 0 atom stereocenters. The van der Waals surface area contributed by atoms with E-state index in [2.05, 4.69) is 15.1 Å². The molecule has 0 saturated heterocycles. The summed E-state index contributed by atoms with van der Waals surface area (Å²) in [5.74, 6) is 0.00322. The van der Waals surface area contributed by atoms with E-state index in [0.717, 1.165) is 5.56 Å². The Labute approximate surface area is 94.7 Å². The van der Waals surface area contributed by atoms with Crippen LogP contribution in [0.15, 0.2) is 40.3 Å². The Balaban J connectivity index is 2.58. The maximum absolute atomic E-state index is 10.1. The van der Waals surface area contributed by atoms with E-state index in [1.165, 1.54) is 0 Å². The fourth-order valence-electron chi connectivity index (χ4n) is 0.986. The summed E-state index contributed by atoms with van der Waals surface area (Å²) in [6.07, 6.45) is 0. The van der Waals surface area contributed by atoms with Crippen molar-refractivity contribution in [2.24, 2.45) is 21.5 Å². The van der Waals surface area contributed by atoms with Crippen LogP contribution in [0.1, 0.15) is 5.56 Å². The maximum Gasteiger partial charge on any atom is 0.281 e. The average molecular weight is 237 g/mol. The van der Waals surface area contributed by atoms with Crippen LogP contribution in [0, 0.1) is 0 Å². The number of benzene rings is 1. The number of guanidine groups is 2. The molecular formula is C9H12N5OP. The van der Waals surface area contributed by atoms with E-state index in [-0.39, 0.29) is 20.5 Å². The van der Waals surface area contributed by atoms with Crippen LogP contribution < -0.4 is 16.6 Å². The fourth-order valence-corrected chi connectivity index (χ4v) is 1.13. The topological polar surface area (TPSA) is 106 Å². The largest absolute Gasteiger partial charge is 0.369 e. The first kappa shape index (κ1) is 12.1. The smallest absolute Gasteiger partial charge is 0.281 e. The van der Waals surface area contributed by atoms with Gasteiger partial charge in [0.15, 0.2) is 0 Å². The van der Waals surface area contributed by atoms with E-state index < -0.39 is 0 Å². The van der Waals surface area contributed by atoms with Crippen LogP contribution in [-0.2, 0) is 11.1 Å². The number of nitrogens with one attached hydrogen (secondary N) is 1. The highest BCUT2D eigenvalue weighted by Crippen LogP contribution is 1.99. The first-order valence-electron chi connectivity index (χ1n) is 4.48. The number of rotatable bonds is 3. The molecule has 0 saturated carbocycles. The molecule has 5 N–H and O–H groups in total. The van der Waals surface area contributed by atoms with Crippen LogP contribution in [0.5, 0.6) is 0 Å². The number of hydrogen-bond acceptors (Lipinski definition) is 2. The molecule has 0 aliphatic heterocycles. The summed E-state index contributed by atoms with van der Waals surface area (Å²) < 4.78 is 10.1. The molecule has 6 nitrogen and oxygen atoms in total. The standard InChI is InChI=1S/C9H12N5OP/c10-8(13-9(11)14-16-15)12-6-7-4-2-1-3-5-7/h1-5H,6H2,(H5,10,11,12,13,14,15). The molecule has 0 aliphatic rings. The zero-order valence-electron chi connectivity index (χ0n) is 8.50. The van der Waals surface area contributed by atoms with Gasteiger partial charge in [0.2, 0.25) is 11.9 Å². The molecule has 0 spiro atoms. The van der Waals surface area contributed by atoms with Crippen molar-refractivity contribution in [3.05, 3.63) is 35.9 Å². The monoisotopic (exact) mass is 237 g/mol. The van der Waals surface area contributed by atoms with E-state index in [9.17, 15) is 4.57 Å². The first-order valence-corrected chi connectivity index (χ1v) is 5.30. The summed E-state index contributed by atoms with van der Waals surface area (Å²) in [5.41, 5.74) is 11.8. The summed E-state index contributed by atoms with van der Waals surface area (Å²) in [6.45, 7) is 0.429. The van der Waals surface area contributed by atoms with Crippen molar-refractivity contribution in [2.75, 3.05) is 0 Å². The minimum absolute atomic E-state index is 0.0361. The van der Waals surface area contributed by atoms with E-state index in [1.807, 2.05) is 30.3 Å². The third kappa shape index (κ3) is 4.52. The van der Waals surface area contributed by atoms with Crippen molar-refractivity contribution in [3.63, 3.8) is 0 Å². The van der Waals surface area contributed by atoms with Gasteiger partial charge in [-0.3, -0.25) is 5.09 Å². The first-order chi connectivity index (χ1) is 7.72. The van der Waals surface area contributed by atoms with Gasteiger partial charge in [-0.25, -0.2) is 9.56 Å². The molecule has 0 unspecified atom stereocenters. The minimum atomic E-state index is -0.327. The van der Waals surface area contributed by atoms with Gasteiger partial charge in [-0.05, 0) is 5.56 Å². The lowest BCUT2D eigenvalue weighted by Gasteiger charge is -1.97. The Bertz CT molecular complexity index is 404. The Morgan fingerprint density at radius 1 is 1.31 bits per heavy atom. The predicted octanol–water partition coefficient (Wildman–Crippen LogP) is 0.612. The zero-order valence-corrected chi connectivity index (χ0v) is 9.39. The van der Waals surface area contributed by atoms with E-state index >= 15 is 0 Å². The highest BCUT2D eigenvalue weighted by Gasteiger charge is 1.93. The molecule has 0 aliphatic carbocycles. The quantitative estimate of drug-likeness (QED) is 0.407. The molecule has 0 fully saturated rings. The molecule has 0 amide bonds. The molecule has 1 aromatic rings. The summed E-state index contributed by atoms with van der Waals surface area (Å²) in [4.78, 5) is 7.68.